The molecule has 1 aliphatic rings. The van der Waals surface area contributed by atoms with Gasteiger partial charge in [-0.2, -0.15) is 13.2 Å². The minimum absolute atomic E-state index is 0. The Bertz CT molecular complexity index is 532. The fourth-order valence-electron chi connectivity index (χ4n) is 2.51. The largest absolute Gasteiger partial charge is 0.416 e. The van der Waals surface area contributed by atoms with Crippen LogP contribution in [0.2, 0.25) is 0 Å². The second-order valence-electron chi connectivity index (χ2n) is 5.99. The lowest BCUT2D eigenvalue weighted by Crippen LogP contribution is -2.44. The molecule has 0 bridgehead atoms. The Hall–Kier alpha value is -1.27. The number of hydrogen-bond donors (Lipinski definition) is 2. The van der Waals surface area contributed by atoms with E-state index in [1.165, 1.54) is 6.07 Å². The molecule has 1 aliphatic carbocycles. The molecule has 3 nitrogen and oxygen atoms in total. The summed E-state index contributed by atoms with van der Waals surface area (Å²) in [5.41, 5.74) is 5.47. The van der Waals surface area contributed by atoms with Gasteiger partial charge in [0.05, 0.1) is 5.56 Å². The molecule has 1 amide bonds. The van der Waals surface area contributed by atoms with Gasteiger partial charge in [-0.3, -0.25) is 4.79 Å². The highest BCUT2D eigenvalue weighted by Crippen LogP contribution is 2.32. The molecule has 7 heteroatoms. The fourth-order valence-corrected chi connectivity index (χ4v) is 2.51. The number of benzene rings is 1. The summed E-state index contributed by atoms with van der Waals surface area (Å²) in [6, 6.07) is 5.10. The quantitative estimate of drug-likeness (QED) is 0.828. The Morgan fingerprint density at radius 2 is 2.04 bits per heavy atom. The molecule has 1 aromatic carbocycles. The number of nitrogens with one attached hydrogen (secondary N) is 1. The first-order valence-corrected chi connectivity index (χ1v) is 7.48. The first-order chi connectivity index (χ1) is 10.3. The molecule has 0 aliphatic heterocycles. The Labute approximate surface area is 140 Å². The molecule has 23 heavy (non-hydrogen) atoms. The first kappa shape index (κ1) is 19.8. The van der Waals surface area contributed by atoms with Gasteiger partial charge in [0, 0.05) is 18.5 Å². The van der Waals surface area contributed by atoms with Crippen molar-refractivity contribution in [1.29, 1.82) is 0 Å². The highest BCUT2D eigenvalue weighted by molar-refractivity contribution is 5.85. The Morgan fingerprint density at radius 1 is 1.39 bits per heavy atom. The lowest BCUT2D eigenvalue weighted by Gasteiger charge is -2.19. The molecule has 130 valence electrons. The van der Waals surface area contributed by atoms with E-state index in [0.717, 1.165) is 25.0 Å². The van der Waals surface area contributed by atoms with Crippen LogP contribution in [0.25, 0.3) is 0 Å². The van der Waals surface area contributed by atoms with E-state index < -0.39 is 17.7 Å². The molecular weight excluding hydrogens is 329 g/mol. The number of amides is 1. The maximum Gasteiger partial charge on any atom is 0.416 e. The van der Waals surface area contributed by atoms with E-state index in [-0.39, 0.29) is 30.8 Å². The summed E-state index contributed by atoms with van der Waals surface area (Å²) in [6.07, 6.45) is -1.94. The zero-order valence-electron chi connectivity index (χ0n) is 12.9. The molecule has 3 N–H and O–H groups in total. The van der Waals surface area contributed by atoms with E-state index >= 15 is 0 Å². The van der Waals surface area contributed by atoms with Gasteiger partial charge in [0.1, 0.15) is 0 Å². The van der Waals surface area contributed by atoms with Gasteiger partial charge in [0.25, 0.3) is 0 Å². The van der Waals surface area contributed by atoms with Gasteiger partial charge in [-0.25, -0.2) is 0 Å². The van der Waals surface area contributed by atoms with Crippen LogP contribution >= 0.6 is 12.4 Å². The summed E-state index contributed by atoms with van der Waals surface area (Å²) in [5, 5.41) is 2.91. The Balaban J connectivity index is 0.00000264. The van der Waals surface area contributed by atoms with Crippen LogP contribution in [0.3, 0.4) is 0 Å². The van der Waals surface area contributed by atoms with Crippen molar-refractivity contribution >= 4 is 18.3 Å². The summed E-state index contributed by atoms with van der Waals surface area (Å²) in [7, 11) is 0. The van der Waals surface area contributed by atoms with Crippen LogP contribution in [-0.4, -0.2) is 18.5 Å². The van der Waals surface area contributed by atoms with Crippen LogP contribution in [0.4, 0.5) is 13.2 Å². The lowest BCUT2D eigenvalue weighted by molar-refractivity contribution is -0.137. The molecule has 0 heterocycles. The second kappa shape index (κ2) is 8.02. The molecule has 2 rings (SSSR count). The van der Waals surface area contributed by atoms with Crippen molar-refractivity contribution in [1.82, 2.24) is 5.32 Å². The summed E-state index contributed by atoms with van der Waals surface area (Å²) in [4.78, 5) is 12.1. The molecule has 2 atom stereocenters. The van der Waals surface area contributed by atoms with Crippen LogP contribution in [0.15, 0.2) is 24.3 Å². The monoisotopic (exact) mass is 350 g/mol. The molecule has 0 radical (unpaired) electrons. The predicted molar refractivity (Wildman–Crippen MR) is 85.3 cm³/mol. The van der Waals surface area contributed by atoms with E-state index in [1.54, 1.807) is 13.0 Å². The zero-order chi connectivity index (χ0) is 16.3. The van der Waals surface area contributed by atoms with Crippen LogP contribution in [0, 0.1) is 11.8 Å². The molecular formula is C16H22ClF3N2O. The van der Waals surface area contributed by atoms with Crippen molar-refractivity contribution < 1.29 is 18.0 Å². The van der Waals surface area contributed by atoms with Crippen molar-refractivity contribution in [2.75, 3.05) is 6.54 Å². The van der Waals surface area contributed by atoms with Crippen molar-refractivity contribution in [3.63, 3.8) is 0 Å². The summed E-state index contributed by atoms with van der Waals surface area (Å²) >= 11 is 0. The smallest absolute Gasteiger partial charge is 0.352 e. The van der Waals surface area contributed by atoms with Crippen LogP contribution in [-0.2, 0) is 17.4 Å². The molecule has 1 aromatic rings. The maximum absolute atomic E-state index is 12.7. The minimum Gasteiger partial charge on any atom is -0.352 e. The number of halogens is 4. The van der Waals surface area contributed by atoms with Gasteiger partial charge in [0.2, 0.25) is 5.91 Å². The van der Waals surface area contributed by atoms with Crippen LogP contribution in [0.1, 0.15) is 30.9 Å². The Morgan fingerprint density at radius 3 is 2.57 bits per heavy atom. The number of hydrogen-bond acceptors (Lipinski definition) is 2. The van der Waals surface area contributed by atoms with E-state index in [4.69, 9.17) is 5.73 Å². The number of rotatable bonds is 6. The summed E-state index contributed by atoms with van der Waals surface area (Å²) in [6.45, 7) is 2.11. The average Bonchev–Trinajstić information content (AvgIpc) is 3.28. The third kappa shape index (κ3) is 5.70. The summed E-state index contributed by atoms with van der Waals surface area (Å²) in [5.74, 6) is -0.0919. The molecule has 1 saturated carbocycles. The minimum atomic E-state index is -4.36. The van der Waals surface area contributed by atoms with E-state index in [1.807, 2.05) is 0 Å². The highest BCUT2D eigenvalue weighted by atomic mass is 35.5. The van der Waals surface area contributed by atoms with Gasteiger partial charge in [0.15, 0.2) is 0 Å². The van der Waals surface area contributed by atoms with Crippen LogP contribution < -0.4 is 11.1 Å². The van der Waals surface area contributed by atoms with Crippen molar-refractivity contribution in [3.05, 3.63) is 35.4 Å². The Kier molecular flexibility index (Phi) is 6.89. The maximum atomic E-state index is 12.7. The zero-order valence-corrected chi connectivity index (χ0v) is 13.7. The first-order valence-electron chi connectivity index (χ1n) is 7.48. The number of carbonyl (C=O) groups excluding carboxylic acids is 1. The predicted octanol–water partition coefficient (Wildman–Crippen LogP) is 3.16. The fraction of sp³-hybridized carbons (Fsp3) is 0.562. The van der Waals surface area contributed by atoms with Gasteiger partial charge in [-0.05, 0) is 36.8 Å². The van der Waals surface area contributed by atoms with Crippen molar-refractivity contribution in [2.24, 2.45) is 17.6 Å². The normalized spacial score (nSPS) is 17.1. The topological polar surface area (TPSA) is 55.1 Å². The number of carbonyl (C=O) groups is 1. The van der Waals surface area contributed by atoms with E-state index in [2.05, 4.69) is 5.32 Å². The van der Waals surface area contributed by atoms with Crippen molar-refractivity contribution in [3.8, 4) is 0 Å². The lowest BCUT2D eigenvalue weighted by atomic mass is 9.98. The van der Waals surface area contributed by atoms with E-state index in [0.29, 0.717) is 18.0 Å². The van der Waals surface area contributed by atoms with Gasteiger partial charge < -0.3 is 11.1 Å². The van der Waals surface area contributed by atoms with Gasteiger partial charge in [-0.1, -0.05) is 25.1 Å². The standard InChI is InChI=1S/C16H21F3N2O.ClH/c1-10(15(22)21-14(9-20)12-5-6-12)7-11-3-2-4-13(8-11)16(17,18)19;/h2-4,8,10,12,14H,5-7,9,20H2,1H3,(H,21,22);1H. The molecule has 2 unspecified atom stereocenters. The number of alkyl halides is 3. The average molecular weight is 351 g/mol. The molecule has 0 aromatic heterocycles. The van der Waals surface area contributed by atoms with E-state index in [9.17, 15) is 18.0 Å². The third-order valence-electron chi connectivity index (χ3n) is 4.02. The SMILES string of the molecule is CC(Cc1cccc(C(F)(F)F)c1)C(=O)NC(CN)C1CC1.Cl. The molecule has 1 fully saturated rings. The van der Waals surface area contributed by atoms with Gasteiger partial charge in [-0.15, -0.1) is 12.4 Å². The highest BCUT2D eigenvalue weighted by Gasteiger charge is 2.32. The second-order valence-corrected chi connectivity index (χ2v) is 5.99. The molecule has 0 saturated heterocycles. The molecule has 0 spiro atoms. The third-order valence-corrected chi connectivity index (χ3v) is 4.02. The van der Waals surface area contributed by atoms with Crippen LogP contribution in [0.5, 0.6) is 0 Å². The number of nitrogens with two attached hydrogens (primary N) is 1. The summed E-state index contributed by atoms with van der Waals surface area (Å²) < 4.78 is 38.1. The van der Waals surface area contributed by atoms with Gasteiger partial charge >= 0.3 is 6.18 Å². The van der Waals surface area contributed by atoms with Crippen molar-refractivity contribution in [2.45, 2.75) is 38.4 Å².